The van der Waals surface area contributed by atoms with Gasteiger partial charge in [0.25, 0.3) is 5.91 Å². The van der Waals surface area contributed by atoms with E-state index in [-0.39, 0.29) is 18.3 Å². The number of likely N-dealkylation sites (N-methyl/N-ethyl adjacent to an activating group) is 1. The van der Waals surface area contributed by atoms with Crippen molar-refractivity contribution in [3.63, 3.8) is 0 Å². The molecule has 0 spiro atoms. The molecule has 0 aliphatic carbocycles. The number of aromatic nitrogens is 4. The fourth-order valence-corrected chi connectivity index (χ4v) is 3.63. The van der Waals surface area contributed by atoms with E-state index >= 15 is 0 Å². The first kappa shape index (κ1) is 22.8. The normalized spacial score (nSPS) is 16.8. The summed E-state index contributed by atoms with van der Waals surface area (Å²) in [6, 6.07) is 7.72. The lowest BCUT2D eigenvalue weighted by molar-refractivity contribution is 0.102. The van der Waals surface area contributed by atoms with Crippen LogP contribution in [0.2, 0.25) is 0 Å². The fourth-order valence-electron chi connectivity index (χ4n) is 3.63. The molecule has 10 heteroatoms. The molecule has 1 aliphatic heterocycles. The molecule has 1 aromatic carbocycles. The Hall–Kier alpha value is -2.91. The minimum absolute atomic E-state index is 0. The largest absolute Gasteiger partial charge is 0.493 e. The third kappa shape index (κ3) is 4.88. The van der Waals surface area contributed by atoms with Gasteiger partial charge < -0.3 is 19.9 Å². The van der Waals surface area contributed by atoms with Gasteiger partial charge in [0, 0.05) is 50.4 Å². The number of fused-ring (bicyclic) bond motifs is 1. The van der Waals surface area contributed by atoms with Gasteiger partial charge >= 0.3 is 0 Å². The highest BCUT2D eigenvalue weighted by Gasteiger charge is 2.22. The Bertz CT molecular complexity index is 1050. The number of benzene rings is 1. The zero-order valence-electron chi connectivity index (χ0n) is 18.2. The Morgan fingerprint density at radius 3 is 2.71 bits per heavy atom. The minimum Gasteiger partial charge on any atom is -0.493 e. The zero-order valence-corrected chi connectivity index (χ0v) is 19.0. The van der Waals surface area contributed by atoms with Gasteiger partial charge in [-0.2, -0.15) is 5.10 Å². The molecule has 166 valence electrons. The van der Waals surface area contributed by atoms with E-state index in [4.69, 9.17) is 4.74 Å². The Kier molecular flexibility index (Phi) is 6.97. The SMILES string of the molecule is CCOc1cc2nn(C)cc2cc1C(=O)Nc1ccc(N2CCN(C)[C@@H](C)C2)nn1.Cl. The van der Waals surface area contributed by atoms with Gasteiger partial charge in [-0.05, 0) is 39.1 Å². The smallest absolute Gasteiger partial charge is 0.260 e. The molecule has 1 amide bonds. The number of hydrogen-bond acceptors (Lipinski definition) is 7. The summed E-state index contributed by atoms with van der Waals surface area (Å²) in [7, 11) is 3.98. The molecule has 0 unspecified atom stereocenters. The second-order valence-electron chi connectivity index (χ2n) is 7.65. The van der Waals surface area contributed by atoms with E-state index in [1.165, 1.54) is 0 Å². The Labute approximate surface area is 187 Å². The minimum atomic E-state index is -0.292. The first-order valence-electron chi connectivity index (χ1n) is 10.1. The van der Waals surface area contributed by atoms with Crippen molar-refractivity contribution in [2.75, 3.05) is 43.5 Å². The number of hydrogen-bond donors (Lipinski definition) is 1. The number of halogens is 1. The van der Waals surface area contributed by atoms with E-state index in [0.717, 1.165) is 36.4 Å². The van der Waals surface area contributed by atoms with Crippen molar-refractivity contribution in [1.29, 1.82) is 0 Å². The Morgan fingerprint density at radius 2 is 2.03 bits per heavy atom. The summed E-state index contributed by atoms with van der Waals surface area (Å²) in [5, 5.41) is 16.6. The standard InChI is InChI=1S/C21H27N7O2.ClH/c1-5-30-18-11-17-15(13-27(4)25-17)10-16(18)21(29)22-19-6-7-20(24-23-19)28-9-8-26(3)14(2)12-28;/h6-7,10-11,13-14H,5,8-9,12H2,1-4H3,(H,22,23,29);1H/t14-;/m0./s1. The highest BCUT2D eigenvalue weighted by atomic mass is 35.5. The predicted octanol–water partition coefficient (Wildman–Crippen LogP) is 2.58. The van der Waals surface area contributed by atoms with Crippen LogP contribution in [0.25, 0.3) is 10.9 Å². The van der Waals surface area contributed by atoms with E-state index in [9.17, 15) is 4.79 Å². The molecule has 4 rings (SSSR count). The van der Waals surface area contributed by atoms with Crippen LogP contribution in [-0.2, 0) is 7.05 Å². The number of carbonyl (C=O) groups excluding carboxylic acids is 1. The van der Waals surface area contributed by atoms with Gasteiger partial charge in [0.1, 0.15) is 5.75 Å². The van der Waals surface area contributed by atoms with Gasteiger partial charge in [0.2, 0.25) is 0 Å². The highest BCUT2D eigenvalue weighted by molar-refractivity contribution is 6.08. The van der Waals surface area contributed by atoms with E-state index in [0.29, 0.717) is 29.8 Å². The molecular formula is C21H28ClN7O2. The highest BCUT2D eigenvalue weighted by Crippen LogP contribution is 2.26. The van der Waals surface area contributed by atoms with Crippen LogP contribution >= 0.6 is 12.4 Å². The summed E-state index contributed by atoms with van der Waals surface area (Å²) in [4.78, 5) is 17.5. The average molecular weight is 446 g/mol. The zero-order chi connectivity index (χ0) is 21.3. The number of aryl methyl sites for hydroxylation is 1. The molecule has 31 heavy (non-hydrogen) atoms. The Morgan fingerprint density at radius 1 is 1.23 bits per heavy atom. The van der Waals surface area contributed by atoms with E-state index in [2.05, 4.69) is 44.4 Å². The summed E-state index contributed by atoms with van der Waals surface area (Å²) < 4.78 is 7.39. The van der Waals surface area contributed by atoms with Crippen LogP contribution < -0.4 is 15.0 Å². The molecular weight excluding hydrogens is 418 g/mol. The average Bonchev–Trinajstić information content (AvgIpc) is 3.09. The number of anilines is 2. The summed E-state index contributed by atoms with van der Waals surface area (Å²) in [6.45, 7) is 7.33. The second-order valence-corrected chi connectivity index (χ2v) is 7.65. The summed E-state index contributed by atoms with van der Waals surface area (Å²) in [5.74, 6) is 1.43. The van der Waals surface area contributed by atoms with Crippen molar-refractivity contribution in [3.05, 3.63) is 36.0 Å². The van der Waals surface area contributed by atoms with E-state index in [1.807, 2.05) is 26.2 Å². The van der Waals surface area contributed by atoms with Gasteiger partial charge in [-0.15, -0.1) is 22.6 Å². The molecule has 3 aromatic rings. The van der Waals surface area contributed by atoms with Gasteiger partial charge in [-0.1, -0.05) is 0 Å². The van der Waals surface area contributed by atoms with E-state index < -0.39 is 0 Å². The van der Waals surface area contributed by atoms with E-state index in [1.54, 1.807) is 22.9 Å². The molecule has 2 aromatic heterocycles. The molecule has 1 N–H and O–H groups in total. The number of nitrogens with one attached hydrogen (secondary N) is 1. The number of carbonyl (C=O) groups is 1. The van der Waals surface area contributed by atoms with Crippen molar-refractivity contribution in [3.8, 4) is 5.75 Å². The lowest BCUT2D eigenvalue weighted by Crippen LogP contribution is -2.50. The molecule has 0 radical (unpaired) electrons. The molecule has 0 bridgehead atoms. The van der Waals surface area contributed by atoms with Crippen molar-refractivity contribution in [1.82, 2.24) is 24.9 Å². The lowest BCUT2D eigenvalue weighted by Gasteiger charge is -2.38. The molecule has 9 nitrogen and oxygen atoms in total. The third-order valence-corrected chi connectivity index (χ3v) is 5.44. The van der Waals surface area contributed by atoms with Gasteiger partial charge in [-0.25, -0.2) is 0 Å². The molecule has 1 aliphatic rings. The molecule has 1 fully saturated rings. The van der Waals surface area contributed by atoms with Crippen LogP contribution in [0.15, 0.2) is 30.5 Å². The van der Waals surface area contributed by atoms with Crippen LogP contribution in [0, 0.1) is 0 Å². The predicted molar refractivity (Wildman–Crippen MR) is 123 cm³/mol. The maximum absolute atomic E-state index is 12.9. The number of amides is 1. The van der Waals surface area contributed by atoms with Crippen molar-refractivity contribution >= 4 is 40.9 Å². The van der Waals surface area contributed by atoms with Gasteiger partial charge in [0.15, 0.2) is 11.6 Å². The molecule has 1 saturated heterocycles. The molecule has 1 atom stereocenters. The third-order valence-electron chi connectivity index (χ3n) is 5.44. The molecule has 0 saturated carbocycles. The van der Waals surface area contributed by atoms with Crippen LogP contribution in [0.1, 0.15) is 24.2 Å². The second kappa shape index (κ2) is 9.49. The maximum atomic E-state index is 12.9. The van der Waals surface area contributed by atoms with Crippen LogP contribution in [0.5, 0.6) is 5.75 Å². The van der Waals surface area contributed by atoms with Crippen LogP contribution in [0.3, 0.4) is 0 Å². The summed E-state index contributed by atoms with van der Waals surface area (Å²) >= 11 is 0. The summed E-state index contributed by atoms with van der Waals surface area (Å²) in [6.07, 6.45) is 1.87. The number of nitrogens with zero attached hydrogens (tertiary/aromatic N) is 6. The maximum Gasteiger partial charge on any atom is 0.260 e. The van der Waals surface area contributed by atoms with Crippen LogP contribution in [-0.4, -0.2) is 70.1 Å². The Balaban J connectivity index is 0.00000272. The first-order chi connectivity index (χ1) is 14.4. The number of rotatable bonds is 5. The lowest BCUT2D eigenvalue weighted by atomic mass is 10.1. The molecule has 3 heterocycles. The van der Waals surface area contributed by atoms with Crippen molar-refractivity contribution < 1.29 is 9.53 Å². The fraction of sp³-hybridized carbons (Fsp3) is 0.429. The quantitative estimate of drug-likeness (QED) is 0.645. The topological polar surface area (TPSA) is 88.4 Å². The number of piperazine rings is 1. The van der Waals surface area contributed by atoms with Crippen molar-refractivity contribution in [2.24, 2.45) is 7.05 Å². The monoisotopic (exact) mass is 445 g/mol. The van der Waals surface area contributed by atoms with Gasteiger partial charge in [0.05, 0.1) is 17.7 Å². The van der Waals surface area contributed by atoms with Gasteiger partial charge in [-0.3, -0.25) is 9.48 Å². The van der Waals surface area contributed by atoms with Crippen LogP contribution in [0.4, 0.5) is 11.6 Å². The van der Waals surface area contributed by atoms with Crippen molar-refractivity contribution in [2.45, 2.75) is 19.9 Å². The number of ether oxygens (including phenoxy) is 1. The summed E-state index contributed by atoms with van der Waals surface area (Å²) in [5.41, 5.74) is 1.22. The first-order valence-corrected chi connectivity index (χ1v) is 10.1.